The summed E-state index contributed by atoms with van der Waals surface area (Å²) in [6, 6.07) is 4.73. The van der Waals surface area contributed by atoms with Crippen LogP contribution < -0.4 is 5.32 Å². The summed E-state index contributed by atoms with van der Waals surface area (Å²) in [6.07, 6.45) is 1.28. The Labute approximate surface area is 106 Å². The van der Waals surface area contributed by atoms with Crippen LogP contribution in [0.3, 0.4) is 0 Å². The number of aryl methyl sites for hydroxylation is 1. The van der Waals surface area contributed by atoms with Gasteiger partial charge in [0.15, 0.2) is 0 Å². The van der Waals surface area contributed by atoms with Crippen LogP contribution in [0.4, 0.5) is 0 Å². The Balaban J connectivity index is 2.89. The highest BCUT2D eigenvalue weighted by atomic mass is 35.5. The summed E-state index contributed by atoms with van der Waals surface area (Å²) in [6.45, 7) is 3.77. The molecule has 0 saturated heterocycles. The largest absolute Gasteiger partial charge is 0.336 e. The SMILES string of the molecule is CCc1cc(C(=O)NC(C#N)CC)cc(Cl)n1. The number of carbonyl (C=O) groups is 1. The van der Waals surface area contributed by atoms with Gasteiger partial charge in [0.1, 0.15) is 11.2 Å². The fraction of sp³-hybridized carbons (Fsp3) is 0.417. The van der Waals surface area contributed by atoms with Crippen molar-refractivity contribution in [3.63, 3.8) is 0 Å². The molecule has 0 aliphatic rings. The quantitative estimate of drug-likeness (QED) is 0.836. The topological polar surface area (TPSA) is 65.8 Å². The molecule has 1 amide bonds. The van der Waals surface area contributed by atoms with Crippen LogP contribution in [0.15, 0.2) is 12.1 Å². The maximum atomic E-state index is 11.8. The van der Waals surface area contributed by atoms with E-state index in [-0.39, 0.29) is 5.91 Å². The zero-order valence-corrected chi connectivity index (χ0v) is 10.6. The molecule has 5 heteroatoms. The van der Waals surface area contributed by atoms with Crippen molar-refractivity contribution in [1.82, 2.24) is 10.3 Å². The van der Waals surface area contributed by atoms with Gasteiger partial charge in [-0.25, -0.2) is 4.98 Å². The van der Waals surface area contributed by atoms with Crippen LogP contribution >= 0.6 is 11.6 Å². The van der Waals surface area contributed by atoms with Gasteiger partial charge >= 0.3 is 0 Å². The second-order valence-electron chi connectivity index (χ2n) is 3.59. The Morgan fingerprint density at radius 1 is 1.59 bits per heavy atom. The van der Waals surface area contributed by atoms with Crippen molar-refractivity contribution < 1.29 is 4.79 Å². The van der Waals surface area contributed by atoms with Crippen LogP contribution in [0.1, 0.15) is 36.3 Å². The van der Waals surface area contributed by atoms with E-state index in [1.54, 1.807) is 6.07 Å². The molecular weight excluding hydrogens is 238 g/mol. The van der Waals surface area contributed by atoms with Crippen LogP contribution in [0.5, 0.6) is 0 Å². The highest BCUT2D eigenvalue weighted by Crippen LogP contribution is 2.11. The predicted molar refractivity (Wildman–Crippen MR) is 65.8 cm³/mol. The predicted octanol–water partition coefficient (Wildman–Crippen LogP) is 2.33. The maximum Gasteiger partial charge on any atom is 0.252 e. The van der Waals surface area contributed by atoms with Crippen LogP contribution in [0.2, 0.25) is 5.15 Å². The van der Waals surface area contributed by atoms with Crippen molar-refractivity contribution in [3.05, 3.63) is 28.5 Å². The van der Waals surface area contributed by atoms with E-state index in [0.29, 0.717) is 23.6 Å². The Morgan fingerprint density at radius 3 is 2.82 bits per heavy atom. The highest BCUT2D eigenvalue weighted by Gasteiger charge is 2.12. The zero-order chi connectivity index (χ0) is 12.8. The number of nitriles is 1. The molecule has 0 spiro atoms. The lowest BCUT2D eigenvalue weighted by atomic mass is 10.1. The normalized spacial score (nSPS) is 11.6. The molecule has 90 valence electrons. The lowest BCUT2D eigenvalue weighted by Crippen LogP contribution is -2.33. The van der Waals surface area contributed by atoms with Gasteiger partial charge in [-0.15, -0.1) is 0 Å². The van der Waals surface area contributed by atoms with Gasteiger partial charge in [-0.05, 0) is 25.0 Å². The zero-order valence-electron chi connectivity index (χ0n) is 9.83. The molecule has 0 bridgehead atoms. The minimum atomic E-state index is -0.473. The molecule has 0 saturated carbocycles. The number of aromatic nitrogens is 1. The summed E-state index contributed by atoms with van der Waals surface area (Å²) >= 11 is 5.82. The molecule has 1 aromatic heterocycles. The molecule has 1 unspecified atom stereocenters. The molecule has 1 N–H and O–H groups in total. The molecular formula is C12H14ClN3O. The van der Waals surface area contributed by atoms with Crippen LogP contribution in [0.25, 0.3) is 0 Å². The molecule has 0 radical (unpaired) electrons. The molecule has 4 nitrogen and oxygen atoms in total. The van der Waals surface area contributed by atoms with Crippen molar-refractivity contribution in [2.75, 3.05) is 0 Å². The van der Waals surface area contributed by atoms with E-state index in [1.807, 2.05) is 19.9 Å². The number of halogens is 1. The molecule has 1 rings (SSSR count). The molecule has 1 atom stereocenters. The number of nitrogens with one attached hydrogen (secondary N) is 1. The molecule has 0 aliphatic heterocycles. The summed E-state index contributed by atoms with van der Waals surface area (Å²) in [7, 11) is 0. The molecule has 1 heterocycles. The highest BCUT2D eigenvalue weighted by molar-refractivity contribution is 6.29. The Hall–Kier alpha value is -1.60. The monoisotopic (exact) mass is 251 g/mol. The summed E-state index contributed by atoms with van der Waals surface area (Å²) in [5.41, 5.74) is 1.20. The number of hydrogen-bond donors (Lipinski definition) is 1. The number of amides is 1. The van der Waals surface area contributed by atoms with Gasteiger partial charge < -0.3 is 5.32 Å². The van der Waals surface area contributed by atoms with E-state index in [9.17, 15) is 4.79 Å². The molecule has 17 heavy (non-hydrogen) atoms. The first-order chi connectivity index (χ1) is 8.10. The summed E-state index contributed by atoms with van der Waals surface area (Å²) in [5.74, 6) is -0.294. The van der Waals surface area contributed by atoms with Crippen molar-refractivity contribution in [1.29, 1.82) is 5.26 Å². The second-order valence-corrected chi connectivity index (χ2v) is 3.97. The molecule has 1 aromatic rings. The Bertz CT molecular complexity index is 454. The third-order valence-electron chi connectivity index (χ3n) is 2.34. The van der Waals surface area contributed by atoms with Crippen LogP contribution in [0, 0.1) is 11.3 Å². The number of hydrogen-bond acceptors (Lipinski definition) is 3. The van der Waals surface area contributed by atoms with Crippen molar-refractivity contribution in [2.45, 2.75) is 32.7 Å². The number of carbonyl (C=O) groups excluding carboxylic acids is 1. The van der Waals surface area contributed by atoms with Gasteiger partial charge in [-0.2, -0.15) is 5.26 Å². The molecule has 0 fully saturated rings. The van der Waals surface area contributed by atoms with E-state index < -0.39 is 6.04 Å². The summed E-state index contributed by atoms with van der Waals surface area (Å²) in [4.78, 5) is 15.9. The number of rotatable bonds is 4. The summed E-state index contributed by atoms with van der Waals surface area (Å²) < 4.78 is 0. The Morgan fingerprint density at radius 2 is 2.29 bits per heavy atom. The molecule has 0 aromatic carbocycles. The van der Waals surface area contributed by atoms with E-state index in [2.05, 4.69) is 10.3 Å². The van der Waals surface area contributed by atoms with Crippen LogP contribution in [-0.2, 0) is 6.42 Å². The second kappa shape index (κ2) is 6.21. The molecule has 0 aliphatic carbocycles. The first kappa shape index (κ1) is 13.5. The standard InChI is InChI=1S/C12H14ClN3O/c1-3-9-5-8(6-11(13)15-9)12(17)16-10(4-2)7-14/h5-6,10H,3-4H2,1-2H3,(H,16,17). The third kappa shape index (κ3) is 3.72. The first-order valence-corrected chi connectivity index (χ1v) is 5.85. The number of nitrogens with zero attached hydrogens (tertiary/aromatic N) is 2. The van der Waals surface area contributed by atoms with Gasteiger partial charge in [-0.3, -0.25) is 4.79 Å². The lowest BCUT2D eigenvalue weighted by molar-refractivity contribution is 0.0944. The lowest BCUT2D eigenvalue weighted by Gasteiger charge is -2.09. The van der Waals surface area contributed by atoms with Gasteiger partial charge in [0.2, 0.25) is 0 Å². The van der Waals surface area contributed by atoms with Crippen molar-refractivity contribution in [3.8, 4) is 6.07 Å². The average Bonchev–Trinajstić information content (AvgIpc) is 2.34. The fourth-order valence-corrected chi connectivity index (χ4v) is 1.56. The Kier molecular flexibility index (Phi) is 4.92. The smallest absolute Gasteiger partial charge is 0.252 e. The number of pyridine rings is 1. The first-order valence-electron chi connectivity index (χ1n) is 5.47. The summed E-state index contributed by atoms with van der Waals surface area (Å²) in [5, 5.41) is 11.7. The minimum Gasteiger partial charge on any atom is -0.336 e. The van der Waals surface area contributed by atoms with E-state index >= 15 is 0 Å². The fourth-order valence-electron chi connectivity index (χ4n) is 1.33. The van der Waals surface area contributed by atoms with Gasteiger partial charge in [0.25, 0.3) is 5.91 Å². The van der Waals surface area contributed by atoms with Gasteiger partial charge in [0, 0.05) is 11.3 Å². The van der Waals surface area contributed by atoms with Gasteiger partial charge in [0.05, 0.1) is 6.07 Å². The maximum absolute atomic E-state index is 11.8. The van der Waals surface area contributed by atoms with Crippen molar-refractivity contribution >= 4 is 17.5 Å². The van der Waals surface area contributed by atoms with Crippen molar-refractivity contribution in [2.24, 2.45) is 0 Å². The average molecular weight is 252 g/mol. The third-order valence-corrected chi connectivity index (χ3v) is 2.53. The minimum absolute atomic E-state index is 0.291. The van der Waals surface area contributed by atoms with Gasteiger partial charge in [-0.1, -0.05) is 25.4 Å². The van der Waals surface area contributed by atoms with E-state index in [0.717, 1.165) is 5.69 Å². The van der Waals surface area contributed by atoms with E-state index in [4.69, 9.17) is 16.9 Å². The van der Waals surface area contributed by atoms with Crippen LogP contribution in [-0.4, -0.2) is 16.9 Å². The van der Waals surface area contributed by atoms with E-state index in [1.165, 1.54) is 6.07 Å².